The van der Waals surface area contributed by atoms with Crippen molar-refractivity contribution >= 4 is 5.78 Å². The molecular formula is C12H18O4. The van der Waals surface area contributed by atoms with Crippen LogP contribution < -0.4 is 0 Å². The maximum absolute atomic E-state index is 11.6. The van der Waals surface area contributed by atoms with Crippen LogP contribution in [-0.2, 0) is 0 Å². The second-order valence-electron chi connectivity index (χ2n) is 3.58. The fourth-order valence-electron chi connectivity index (χ4n) is 1.43. The van der Waals surface area contributed by atoms with E-state index in [-0.39, 0.29) is 22.8 Å². The lowest BCUT2D eigenvalue weighted by Gasteiger charge is -2.03. The first kappa shape index (κ1) is 14.5. The zero-order valence-corrected chi connectivity index (χ0v) is 9.36. The summed E-state index contributed by atoms with van der Waals surface area (Å²) in [5.74, 6) is -0.241. The lowest BCUT2D eigenvalue weighted by molar-refractivity contribution is 0.0976. The van der Waals surface area contributed by atoms with E-state index < -0.39 is 0 Å². The van der Waals surface area contributed by atoms with Crippen molar-refractivity contribution < 1.29 is 20.5 Å². The summed E-state index contributed by atoms with van der Waals surface area (Å²) in [6.07, 6.45) is 3.38. The standard InChI is InChI=1S/C12H16O3.H2O/c1-2-3-4-5-11(14)10-7-6-9(13)8-12(10)15;/h6-8,13,15H,2-5H2,1H3;1H2. The maximum Gasteiger partial charge on any atom is 0.166 e. The maximum atomic E-state index is 11.6. The Morgan fingerprint density at radius 3 is 2.50 bits per heavy atom. The van der Waals surface area contributed by atoms with Gasteiger partial charge in [-0.25, -0.2) is 0 Å². The van der Waals surface area contributed by atoms with E-state index in [1.54, 1.807) is 0 Å². The van der Waals surface area contributed by atoms with Gasteiger partial charge in [0.15, 0.2) is 5.78 Å². The van der Waals surface area contributed by atoms with Gasteiger partial charge in [-0.15, -0.1) is 0 Å². The highest BCUT2D eigenvalue weighted by molar-refractivity contribution is 5.98. The highest BCUT2D eigenvalue weighted by atomic mass is 16.3. The Morgan fingerprint density at radius 2 is 1.94 bits per heavy atom. The zero-order chi connectivity index (χ0) is 11.3. The molecular weight excluding hydrogens is 208 g/mol. The van der Waals surface area contributed by atoms with Crippen LogP contribution >= 0.6 is 0 Å². The van der Waals surface area contributed by atoms with Crippen LogP contribution in [0.1, 0.15) is 43.0 Å². The molecule has 0 radical (unpaired) electrons. The van der Waals surface area contributed by atoms with Crippen molar-refractivity contribution in [1.82, 2.24) is 0 Å². The minimum Gasteiger partial charge on any atom is -0.508 e. The van der Waals surface area contributed by atoms with Crippen molar-refractivity contribution in [3.63, 3.8) is 0 Å². The first-order chi connectivity index (χ1) is 7.15. The molecule has 0 aliphatic heterocycles. The number of hydrogen-bond acceptors (Lipinski definition) is 3. The zero-order valence-electron chi connectivity index (χ0n) is 9.36. The van der Waals surface area contributed by atoms with Crippen molar-refractivity contribution in [2.75, 3.05) is 0 Å². The molecule has 4 N–H and O–H groups in total. The van der Waals surface area contributed by atoms with Crippen molar-refractivity contribution in [3.05, 3.63) is 23.8 Å². The van der Waals surface area contributed by atoms with E-state index in [2.05, 4.69) is 6.92 Å². The fourth-order valence-corrected chi connectivity index (χ4v) is 1.43. The van der Waals surface area contributed by atoms with Gasteiger partial charge in [-0.3, -0.25) is 4.79 Å². The van der Waals surface area contributed by atoms with E-state index >= 15 is 0 Å². The van der Waals surface area contributed by atoms with Gasteiger partial charge in [-0.2, -0.15) is 0 Å². The number of aromatic hydroxyl groups is 2. The summed E-state index contributed by atoms with van der Waals surface area (Å²) in [5, 5.41) is 18.5. The van der Waals surface area contributed by atoms with Crippen molar-refractivity contribution in [3.8, 4) is 11.5 Å². The Hall–Kier alpha value is -1.55. The molecule has 0 aromatic heterocycles. The molecule has 0 aliphatic rings. The van der Waals surface area contributed by atoms with Crippen LogP contribution in [0.4, 0.5) is 0 Å². The number of Topliss-reactive ketones (excluding diaryl/α,β-unsaturated/α-hetero) is 1. The molecule has 0 unspecified atom stereocenters. The number of carbonyl (C=O) groups is 1. The number of rotatable bonds is 5. The summed E-state index contributed by atoms with van der Waals surface area (Å²) in [5.41, 5.74) is 0.295. The smallest absolute Gasteiger partial charge is 0.166 e. The largest absolute Gasteiger partial charge is 0.508 e. The average molecular weight is 226 g/mol. The highest BCUT2D eigenvalue weighted by Crippen LogP contribution is 2.24. The molecule has 0 heterocycles. The van der Waals surface area contributed by atoms with E-state index in [4.69, 9.17) is 5.11 Å². The number of ketones is 1. The first-order valence-electron chi connectivity index (χ1n) is 5.20. The van der Waals surface area contributed by atoms with E-state index in [0.29, 0.717) is 12.0 Å². The Kier molecular flexibility index (Phi) is 6.18. The molecule has 0 aliphatic carbocycles. The third-order valence-corrected chi connectivity index (χ3v) is 2.29. The van der Waals surface area contributed by atoms with Crippen LogP contribution in [0.2, 0.25) is 0 Å². The molecule has 1 rings (SSSR count). The van der Waals surface area contributed by atoms with Gasteiger partial charge in [-0.1, -0.05) is 19.8 Å². The van der Waals surface area contributed by atoms with Gasteiger partial charge >= 0.3 is 0 Å². The second-order valence-corrected chi connectivity index (χ2v) is 3.58. The normalized spacial score (nSPS) is 9.56. The van der Waals surface area contributed by atoms with Crippen LogP contribution in [0.3, 0.4) is 0 Å². The van der Waals surface area contributed by atoms with Gasteiger partial charge in [0.2, 0.25) is 0 Å². The molecule has 0 spiro atoms. The summed E-state index contributed by atoms with van der Waals surface area (Å²) < 4.78 is 0. The van der Waals surface area contributed by atoms with Crippen molar-refractivity contribution in [2.45, 2.75) is 32.6 Å². The topological polar surface area (TPSA) is 89.0 Å². The van der Waals surface area contributed by atoms with Gasteiger partial charge in [0.25, 0.3) is 0 Å². The lowest BCUT2D eigenvalue weighted by Crippen LogP contribution is -1.99. The van der Waals surface area contributed by atoms with Crippen LogP contribution in [0.5, 0.6) is 11.5 Å². The fraction of sp³-hybridized carbons (Fsp3) is 0.417. The van der Waals surface area contributed by atoms with E-state index in [0.717, 1.165) is 19.3 Å². The molecule has 0 amide bonds. The molecule has 90 valence electrons. The average Bonchev–Trinajstić information content (AvgIpc) is 2.17. The van der Waals surface area contributed by atoms with E-state index in [9.17, 15) is 9.90 Å². The van der Waals surface area contributed by atoms with E-state index in [1.807, 2.05) is 0 Å². The molecule has 1 aromatic rings. The third kappa shape index (κ3) is 3.90. The minimum absolute atomic E-state index is 0. The molecule has 0 fully saturated rings. The summed E-state index contributed by atoms with van der Waals surface area (Å²) in [6.45, 7) is 2.07. The molecule has 0 saturated heterocycles. The Balaban J connectivity index is 0.00000225. The van der Waals surface area contributed by atoms with Crippen LogP contribution in [0, 0.1) is 0 Å². The molecule has 4 heteroatoms. The van der Waals surface area contributed by atoms with Gasteiger partial charge in [-0.05, 0) is 18.6 Å². The van der Waals surface area contributed by atoms with Crippen LogP contribution in [0.25, 0.3) is 0 Å². The second kappa shape index (κ2) is 6.85. The first-order valence-corrected chi connectivity index (χ1v) is 5.20. The lowest BCUT2D eigenvalue weighted by atomic mass is 10.0. The Labute approximate surface area is 94.9 Å². The summed E-state index contributed by atoms with van der Waals surface area (Å²) in [4.78, 5) is 11.6. The Bertz CT molecular complexity index is 347. The predicted molar refractivity (Wildman–Crippen MR) is 61.9 cm³/mol. The molecule has 0 saturated carbocycles. The molecule has 1 aromatic carbocycles. The third-order valence-electron chi connectivity index (χ3n) is 2.29. The van der Waals surface area contributed by atoms with E-state index in [1.165, 1.54) is 18.2 Å². The molecule has 0 atom stereocenters. The number of carbonyl (C=O) groups excluding carboxylic acids is 1. The van der Waals surface area contributed by atoms with Gasteiger partial charge in [0, 0.05) is 12.5 Å². The monoisotopic (exact) mass is 226 g/mol. The SMILES string of the molecule is CCCCCC(=O)c1ccc(O)cc1O.O. The van der Waals surface area contributed by atoms with Crippen LogP contribution in [0.15, 0.2) is 18.2 Å². The Morgan fingerprint density at radius 1 is 1.25 bits per heavy atom. The van der Waals surface area contributed by atoms with Gasteiger partial charge < -0.3 is 15.7 Å². The minimum atomic E-state index is -0.142. The van der Waals surface area contributed by atoms with Gasteiger partial charge in [0.1, 0.15) is 11.5 Å². The van der Waals surface area contributed by atoms with Crippen molar-refractivity contribution in [1.29, 1.82) is 0 Å². The van der Waals surface area contributed by atoms with Gasteiger partial charge in [0.05, 0.1) is 5.56 Å². The van der Waals surface area contributed by atoms with Crippen molar-refractivity contribution in [2.24, 2.45) is 0 Å². The number of hydrogen-bond donors (Lipinski definition) is 2. The number of unbranched alkanes of at least 4 members (excludes halogenated alkanes) is 2. The number of benzene rings is 1. The molecule has 0 bridgehead atoms. The summed E-state index contributed by atoms with van der Waals surface area (Å²) in [6, 6.07) is 4.05. The summed E-state index contributed by atoms with van der Waals surface area (Å²) in [7, 11) is 0. The highest BCUT2D eigenvalue weighted by Gasteiger charge is 2.10. The summed E-state index contributed by atoms with van der Waals surface area (Å²) >= 11 is 0. The quantitative estimate of drug-likeness (QED) is 0.594. The predicted octanol–water partition coefficient (Wildman–Crippen LogP) is 2.04. The number of phenolic OH excluding ortho intramolecular Hbond substituents is 2. The molecule has 4 nitrogen and oxygen atoms in total. The number of phenols is 2. The van der Waals surface area contributed by atoms with Crippen LogP contribution in [-0.4, -0.2) is 21.5 Å². The molecule has 16 heavy (non-hydrogen) atoms.